The van der Waals surface area contributed by atoms with Gasteiger partial charge in [-0.05, 0) is 31.1 Å². The molecule has 1 heteroatoms. The summed E-state index contributed by atoms with van der Waals surface area (Å²) >= 11 is 0. The average molecular weight is 213 g/mol. The summed E-state index contributed by atoms with van der Waals surface area (Å²) in [5.41, 5.74) is 4.48. The molecule has 1 nitrogen and oxygen atoms in total. The maximum atomic E-state index is 3.99. The lowest BCUT2D eigenvalue weighted by Gasteiger charge is -2.11. The summed E-state index contributed by atoms with van der Waals surface area (Å²) in [4.78, 5) is 0. The molecule has 0 fully saturated rings. The SMILES string of the molecule is C=C(/C=C\C)NCc1ccccc1C(=C)C. The van der Waals surface area contributed by atoms with Crippen molar-refractivity contribution in [1.29, 1.82) is 0 Å². The van der Waals surface area contributed by atoms with E-state index >= 15 is 0 Å². The summed E-state index contributed by atoms with van der Waals surface area (Å²) in [6.07, 6.45) is 3.93. The van der Waals surface area contributed by atoms with Crippen LogP contribution in [0.3, 0.4) is 0 Å². The summed E-state index contributed by atoms with van der Waals surface area (Å²) in [5.74, 6) is 0. The smallest absolute Gasteiger partial charge is 0.0406 e. The predicted molar refractivity (Wildman–Crippen MR) is 71.9 cm³/mol. The van der Waals surface area contributed by atoms with Crippen LogP contribution in [0, 0.1) is 0 Å². The maximum Gasteiger partial charge on any atom is 0.0406 e. The average Bonchev–Trinajstić information content (AvgIpc) is 2.27. The molecule has 0 aliphatic carbocycles. The van der Waals surface area contributed by atoms with Crippen LogP contribution in [0.5, 0.6) is 0 Å². The second kappa shape index (κ2) is 5.96. The summed E-state index contributed by atoms with van der Waals surface area (Å²) in [6, 6.07) is 8.29. The Morgan fingerprint density at radius 3 is 2.62 bits per heavy atom. The lowest BCUT2D eigenvalue weighted by Crippen LogP contribution is -2.11. The topological polar surface area (TPSA) is 12.0 Å². The summed E-state index contributed by atoms with van der Waals surface area (Å²) < 4.78 is 0. The molecule has 0 saturated carbocycles. The van der Waals surface area contributed by atoms with Gasteiger partial charge in [0.2, 0.25) is 0 Å². The second-order valence-corrected chi connectivity index (χ2v) is 3.82. The number of nitrogens with one attached hydrogen (secondary N) is 1. The van der Waals surface area contributed by atoms with Crippen LogP contribution >= 0.6 is 0 Å². The quantitative estimate of drug-likeness (QED) is 0.731. The van der Waals surface area contributed by atoms with Crippen molar-refractivity contribution in [2.75, 3.05) is 0 Å². The molecular weight excluding hydrogens is 194 g/mol. The fourth-order valence-electron chi connectivity index (χ4n) is 1.56. The van der Waals surface area contributed by atoms with Gasteiger partial charge in [-0.15, -0.1) is 0 Å². The third-order valence-electron chi connectivity index (χ3n) is 2.35. The van der Waals surface area contributed by atoms with Gasteiger partial charge in [0.1, 0.15) is 0 Å². The van der Waals surface area contributed by atoms with Gasteiger partial charge >= 0.3 is 0 Å². The third kappa shape index (κ3) is 3.43. The standard InChI is InChI=1S/C15H19N/c1-5-8-13(4)16-11-14-9-6-7-10-15(14)12(2)3/h5-10,16H,2,4,11H2,1,3H3/b8-5-. The van der Waals surface area contributed by atoms with E-state index in [2.05, 4.69) is 30.6 Å². The van der Waals surface area contributed by atoms with Gasteiger partial charge in [0.15, 0.2) is 0 Å². The lowest BCUT2D eigenvalue weighted by atomic mass is 10.0. The van der Waals surface area contributed by atoms with E-state index in [1.807, 2.05) is 38.1 Å². The zero-order valence-electron chi connectivity index (χ0n) is 10.1. The molecule has 0 saturated heterocycles. The second-order valence-electron chi connectivity index (χ2n) is 3.82. The molecule has 0 bridgehead atoms. The van der Waals surface area contributed by atoms with Gasteiger partial charge in [0, 0.05) is 12.2 Å². The highest BCUT2D eigenvalue weighted by atomic mass is 14.9. The fourth-order valence-corrected chi connectivity index (χ4v) is 1.56. The first kappa shape index (κ1) is 12.3. The van der Waals surface area contributed by atoms with Crippen molar-refractivity contribution in [2.45, 2.75) is 20.4 Å². The Morgan fingerprint density at radius 2 is 2.00 bits per heavy atom. The summed E-state index contributed by atoms with van der Waals surface area (Å²) in [6.45, 7) is 12.7. The highest BCUT2D eigenvalue weighted by Crippen LogP contribution is 2.16. The number of allylic oxidation sites excluding steroid dienone is 3. The number of hydrogen-bond acceptors (Lipinski definition) is 1. The van der Waals surface area contributed by atoms with Crippen molar-refractivity contribution in [3.05, 3.63) is 66.4 Å². The van der Waals surface area contributed by atoms with E-state index in [0.717, 1.165) is 17.8 Å². The van der Waals surface area contributed by atoms with E-state index in [1.54, 1.807) is 0 Å². The minimum absolute atomic E-state index is 0.784. The van der Waals surface area contributed by atoms with Crippen molar-refractivity contribution in [1.82, 2.24) is 5.32 Å². The summed E-state index contributed by atoms with van der Waals surface area (Å²) in [5, 5.41) is 3.27. The minimum atomic E-state index is 0.784. The van der Waals surface area contributed by atoms with Crippen molar-refractivity contribution in [3.63, 3.8) is 0 Å². The largest absolute Gasteiger partial charge is 0.381 e. The molecule has 1 N–H and O–H groups in total. The van der Waals surface area contributed by atoms with Crippen LogP contribution in [0.1, 0.15) is 25.0 Å². The first-order valence-electron chi connectivity index (χ1n) is 5.44. The number of rotatable bonds is 5. The Balaban J connectivity index is 2.74. The lowest BCUT2D eigenvalue weighted by molar-refractivity contribution is 0.834. The molecule has 0 aliphatic rings. The van der Waals surface area contributed by atoms with Crippen LogP contribution in [0.2, 0.25) is 0 Å². The first-order chi connectivity index (χ1) is 7.65. The van der Waals surface area contributed by atoms with Crippen LogP contribution in [0.4, 0.5) is 0 Å². The number of hydrogen-bond donors (Lipinski definition) is 1. The Bertz CT molecular complexity index is 413. The minimum Gasteiger partial charge on any atom is -0.381 e. The molecule has 84 valence electrons. The molecule has 0 unspecified atom stereocenters. The number of benzene rings is 1. The van der Waals surface area contributed by atoms with Crippen LogP contribution < -0.4 is 5.32 Å². The van der Waals surface area contributed by atoms with Crippen LogP contribution in [0.15, 0.2) is 55.3 Å². The summed E-state index contributed by atoms with van der Waals surface area (Å²) in [7, 11) is 0. The molecule has 1 rings (SSSR count). The van der Waals surface area contributed by atoms with E-state index in [9.17, 15) is 0 Å². The van der Waals surface area contributed by atoms with Gasteiger partial charge in [-0.1, -0.05) is 49.1 Å². The molecule has 0 atom stereocenters. The van der Waals surface area contributed by atoms with Crippen molar-refractivity contribution in [3.8, 4) is 0 Å². The van der Waals surface area contributed by atoms with E-state index < -0.39 is 0 Å². The molecule has 0 spiro atoms. The Kier molecular flexibility index (Phi) is 4.59. The molecule has 0 amide bonds. The molecular formula is C15H19N. The van der Waals surface area contributed by atoms with Crippen LogP contribution in [-0.4, -0.2) is 0 Å². The van der Waals surface area contributed by atoms with Gasteiger partial charge in [-0.3, -0.25) is 0 Å². The van der Waals surface area contributed by atoms with E-state index in [4.69, 9.17) is 0 Å². The Morgan fingerprint density at radius 1 is 1.31 bits per heavy atom. The Labute approximate surface area is 98.2 Å². The first-order valence-corrected chi connectivity index (χ1v) is 5.44. The Hall–Kier alpha value is -1.76. The molecule has 0 aromatic heterocycles. The van der Waals surface area contributed by atoms with Gasteiger partial charge in [-0.25, -0.2) is 0 Å². The maximum absolute atomic E-state index is 3.99. The van der Waals surface area contributed by atoms with Gasteiger partial charge in [0.05, 0.1) is 0 Å². The molecule has 1 aromatic carbocycles. The molecule has 0 radical (unpaired) electrons. The monoisotopic (exact) mass is 213 g/mol. The predicted octanol–water partition coefficient (Wildman–Crippen LogP) is 3.90. The van der Waals surface area contributed by atoms with Gasteiger partial charge in [-0.2, -0.15) is 0 Å². The normalized spacial score (nSPS) is 10.4. The molecule has 1 aromatic rings. The molecule has 0 heterocycles. The van der Waals surface area contributed by atoms with E-state index in [-0.39, 0.29) is 0 Å². The van der Waals surface area contributed by atoms with Crippen molar-refractivity contribution >= 4 is 5.57 Å². The van der Waals surface area contributed by atoms with Crippen molar-refractivity contribution in [2.24, 2.45) is 0 Å². The zero-order chi connectivity index (χ0) is 12.0. The van der Waals surface area contributed by atoms with Gasteiger partial charge in [0.25, 0.3) is 0 Å². The van der Waals surface area contributed by atoms with Gasteiger partial charge < -0.3 is 5.32 Å². The van der Waals surface area contributed by atoms with E-state index in [1.165, 1.54) is 11.1 Å². The highest BCUT2D eigenvalue weighted by molar-refractivity contribution is 5.64. The van der Waals surface area contributed by atoms with E-state index in [0.29, 0.717) is 0 Å². The highest BCUT2D eigenvalue weighted by Gasteiger charge is 2.01. The molecule has 16 heavy (non-hydrogen) atoms. The zero-order valence-corrected chi connectivity index (χ0v) is 10.1. The fraction of sp³-hybridized carbons (Fsp3) is 0.200. The van der Waals surface area contributed by atoms with Crippen LogP contribution in [0.25, 0.3) is 5.57 Å². The third-order valence-corrected chi connectivity index (χ3v) is 2.35. The van der Waals surface area contributed by atoms with Crippen molar-refractivity contribution < 1.29 is 0 Å². The van der Waals surface area contributed by atoms with Crippen LogP contribution in [-0.2, 0) is 6.54 Å². The molecule has 0 aliphatic heterocycles.